The van der Waals surface area contributed by atoms with Crippen molar-refractivity contribution in [3.05, 3.63) is 0 Å². The fraction of sp³-hybridized carbons (Fsp3) is 1.00. The number of nitrogens with zero attached hydrogens (tertiary/aromatic N) is 2. The van der Waals surface area contributed by atoms with Crippen LogP contribution in [0, 0.1) is 5.92 Å². The Morgan fingerprint density at radius 1 is 1.08 bits per heavy atom. The summed E-state index contributed by atoms with van der Waals surface area (Å²) in [5.74, 6) is 0.961. The van der Waals surface area contributed by atoms with E-state index in [-0.39, 0.29) is 0 Å². The highest BCUT2D eigenvalue weighted by molar-refractivity contribution is 4.87. The molecule has 2 unspecified atom stereocenters. The molecule has 2 heteroatoms. The van der Waals surface area contributed by atoms with E-state index in [2.05, 4.69) is 23.9 Å². The summed E-state index contributed by atoms with van der Waals surface area (Å²) < 4.78 is 0. The third kappa shape index (κ3) is 1.50. The third-order valence-electron chi connectivity index (χ3n) is 3.55. The molecular weight excluding hydrogens is 148 g/mol. The van der Waals surface area contributed by atoms with Gasteiger partial charge in [0.2, 0.25) is 0 Å². The summed E-state index contributed by atoms with van der Waals surface area (Å²) in [6, 6.07) is 0.898. The number of hydrogen-bond donors (Lipinski definition) is 0. The molecule has 2 heterocycles. The minimum absolute atomic E-state index is 0.898. The zero-order chi connectivity index (χ0) is 8.55. The summed E-state index contributed by atoms with van der Waals surface area (Å²) in [5.41, 5.74) is 0. The van der Waals surface area contributed by atoms with E-state index in [0.717, 1.165) is 12.0 Å². The average Bonchev–Trinajstić information content (AvgIpc) is 2.58. The van der Waals surface area contributed by atoms with E-state index in [1.807, 2.05) is 0 Å². The van der Waals surface area contributed by atoms with Crippen LogP contribution in [0.2, 0.25) is 0 Å². The van der Waals surface area contributed by atoms with E-state index in [4.69, 9.17) is 0 Å². The molecule has 0 bridgehead atoms. The van der Waals surface area contributed by atoms with Crippen LogP contribution in [-0.4, -0.2) is 49.6 Å². The van der Waals surface area contributed by atoms with Crippen molar-refractivity contribution in [1.29, 1.82) is 0 Å². The molecule has 2 aliphatic heterocycles. The topological polar surface area (TPSA) is 6.48 Å². The van der Waals surface area contributed by atoms with Crippen molar-refractivity contribution in [3.63, 3.8) is 0 Å². The molecule has 0 aromatic rings. The van der Waals surface area contributed by atoms with Crippen LogP contribution in [0.1, 0.15) is 19.3 Å². The van der Waals surface area contributed by atoms with Crippen molar-refractivity contribution in [3.8, 4) is 0 Å². The van der Waals surface area contributed by atoms with Gasteiger partial charge in [0.1, 0.15) is 0 Å². The number of rotatable bonds is 1. The maximum atomic E-state index is 2.56. The van der Waals surface area contributed by atoms with Crippen LogP contribution in [0.25, 0.3) is 0 Å². The minimum Gasteiger partial charge on any atom is -0.306 e. The van der Waals surface area contributed by atoms with Gasteiger partial charge >= 0.3 is 0 Å². The lowest BCUT2D eigenvalue weighted by Gasteiger charge is -2.25. The summed E-state index contributed by atoms with van der Waals surface area (Å²) in [6.07, 6.45) is 4.28. The van der Waals surface area contributed by atoms with Crippen molar-refractivity contribution in [2.75, 3.05) is 33.7 Å². The third-order valence-corrected chi connectivity index (χ3v) is 3.55. The lowest BCUT2D eigenvalue weighted by molar-refractivity contribution is 0.227. The first-order valence-corrected chi connectivity index (χ1v) is 5.16. The quantitative estimate of drug-likeness (QED) is 0.577. The Bertz CT molecular complexity index is 158. The van der Waals surface area contributed by atoms with Gasteiger partial charge in [0.15, 0.2) is 0 Å². The lowest BCUT2D eigenvalue weighted by atomic mass is 9.97. The van der Waals surface area contributed by atoms with Crippen molar-refractivity contribution < 1.29 is 0 Å². The molecule has 2 aliphatic rings. The van der Waals surface area contributed by atoms with E-state index in [9.17, 15) is 0 Å². The van der Waals surface area contributed by atoms with Gasteiger partial charge in [0.25, 0.3) is 0 Å². The van der Waals surface area contributed by atoms with Crippen molar-refractivity contribution in [1.82, 2.24) is 9.80 Å². The first-order valence-electron chi connectivity index (χ1n) is 5.16. The molecule has 0 aromatic carbocycles. The van der Waals surface area contributed by atoms with E-state index in [0.29, 0.717) is 0 Å². The summed E-state index contributed by atoms with van der Waals surface area (Å²) in [4.78, 5) is 5.03. The highest BCUT2D eigenvalue weighted by Crippen LogP contribution is 2.28. The van der Waals surface area contributed by atoms with E-state index < -0.39 is 0 Å². The highest BCUT2D eigenvalue weighted by Gasteiger charge is 2.32. The van der Waals surface area contributed by atoms with E-state index in [1.54, 1.807) is 0 Å². The molecule has 0 spiro atoms. The largest absolute Gasteiger partial charge is 0.306 e. The molecule has 2 nitrogen and oxygen atoms in total. The van der Waals surface area contributed by atoms with Gasteiger partial charge in [-0.05, 0) is 52.4 Å². The maximum absolute atomic E-state index is 2.56. The smallest absolute Gasteiger partial charge is 0.0134 e. The highest BCUT2D eigenvalue weighted by atomic mass is 15.2. The molecule has 0 aliphatic carbocycles. The Hall–Kier alpha value is -0.0800. The first-order chi connectivity index (χ1) is 5.77. The van der Waals surface area contributed by atoms with Gasteiger partial charge in [-0.2, -0.15) is 0 Å². The Balaban J connectivity index is 1.91. The van der Waals surface area contributed by atoms with Gasteiger partial charge in [0.05, 0.1) is 0 Å². The van der Waals surface area contributed by atoms with Gasteiger partial charge in [-0.1, -0.05) is 0 Å². The Kier molecular flexibility index (Phi) is 2.37. The average molecular weight is 168 g/mol. The lowest BCUT2D eigenvalue weighted by Crippen LogP contribution is -2.33. The monoisotopic (exact) mass is 168 g/mol. The standard InChI is InChI=1S/C10H20N2/c1-11-7-5-9(8-11)10-4-3-6-12(10)2/h9-10H,3-8H2,1-2H3. The van der Waals surface area contributed by atoms with Crippen LogP contribution in [0.15, 0.2) is 0 Å². The van der Waals surface area contributed by atoms with E-state index >= 15 is 0 Å². The first kappa shape index (κ1) is 8.52. The molecule has 0 radical (unpaired) electrons. The molecule has 0 N–H and O–H groups in total. The number of hydrogen-bond acceptors (Lipinski definition) is 2. The second-order valence-corrected chi connectivity index (χ2v) is 4.50. The summed E-state index contributed by atoms with van der Waals surface area (Å²) in [6.45, 7) is 3.97. The number of likely N-dealkylation sites (tertiary alicyclic amines) is 2. The molecule has 2 saturated heterocycles. The van der Waals surface area contributed by atoms with Crippen LogP contribution in [0.4, 0.5) is 0 Å². The molecule has 0 saturated carbocycles. The molecule has 2 fully saturated rings. The van der Waals surface area contributed by atoms with Crippen LogP contribution in [-0.2, 0) is 0 Å². The van der Waals surface area contributed by atoms with Crippen LogP contribution in [0.5, 0.6) is 0 Å². The van der Waals surface area contributed by atoms with Gasteiger partial charge < -0.3 is 9.80 Å². The summed E-state index contributed by atoms with van der Waals surface area (Å²) in [7, 11) is 4.53. The molecule has 2 rings (SSSR count). The molecule has 70 valence electrons. The van der Waals surface area contributed by atoms with Crippen LogP contribution in [0.3, 0.4) is 0 Å². The van der Waals surface area contributed by atoms with Gasteiger partial charge in [0, 0.05) is 12.6 Å². The molecule has 0 amide bonds. The van der Waals surface area contributed by atoms with Crippen molar-refractivity contribution in [2.24, 2.45) is 5.92 Å². The molecule has 0 aromatic heterocycles. The van der Waals surface area contributed by atoms with Gasteiger partial charge in [-0.15, -0.1) is 0 Å². The molecule has 2 atom stereocenters. The molecular formula is C10H20N2. The SMILES string of the molecule is CN1CCC(C2CCCN2C)C1. The van der Waals surface area contributed by atoms with E-state index in [1.165, 1.54) is 38.9 Å². The zero-order valence-electron chi connectivity index (χ0n) is 8.29. The van der Waals surface area contributed by atoms with Crippen LogP contribution >= 0.6 is 0 Å². The van der Waals surface area contributed by atoms with Crippen molar-refractivity contribution in [2.45, 2.75) is 25.3 Å². The van der Waals surface area contributed by atoms with Gasteiger partial charge in [-0.25, -0.2) is 0 Å². The second-order valence-electron chi connectivity index (χ2n) is 4.50. The fourth-order valence-electron chi connectivity index (χ4n) is 2.81. The normalized spacial score (nSPS) is 39.5. The fourth-order valence-corrected chi connectivity index (χ4v) is 2.81. The predicted octanol–water partition coefficient (Wildman–Crippen LogP) is 1.03. The zero-order valence-corrected chi connectivity index (χ0v) is 8.29. The van der Waals surface area contributed by atoms with Crippen molar-refractivity contribution >= 4 is 0 Å². The summed E-state index contributed by atoms with van der Waals surface area (Å²) in [5, 5.41) is 0. The maximum Gasteiger partial charge on any atom is 0.0134 e. The summed E-state index contributed by atoms with van der Waals surface area (Å²) >= 11 is 0. The molecule has 12 heavy (non-hydrogen) atoms. The predicted molar refractivity (Wildman–Crippen MR) is 51.3 cm³/mol. The van der Waals surface area contributed by atoms with Crippen LogP contribution < -0.4 is 0 Å². The minimum atomic E-state index is 0.898. The Labute approximate surface area is 75.5 Å². The second kappa shape index (κ2) is 3.35. The van der Waals surface area contributed by atoms with Gasteiger partial charge in [-0.3, -0.25) is 0 Å². The Morgan fingerprint density at radius 3 is 2.42 bits per heavy atom. The Morgan fingerprint density at radius 2 is 1.92 bits per heavy atom.